The maximum atomic E-state index is 5.73. The van der Waals surface area contributed by atoms with Crippen LogP contribution in [0.25, 0.3) is 0 Å². The monoisotopic (exact) mass is 199 g/mol. The molecule has 0 N–H and O–H groups in total. The van der Waals surface area contributed by atoms with Gasteiger partial charge in [-0.2, -0.15) is 0 Å². The molecule has 0 saturated carbocycles. The van der Waals surface area contributed by atoms with Crippen LogP contribution in [0.5, 0.6) is 0 Å². The van der Waals surface area contributed by atoms with Crippen LogP contribution in [0.3, 0.4) is 0 Å². The van der Waals surface area contributed by atoms with Crippen LogP contribution in [0.2, 0.25) is 0 Å². The van der Waals surface area contributed by atoms with E-state index in [9.17, 15) is 0 Å². The van der Waals surface area contributed by atoms with Gasteiger partial charge in [0.05, 0.1) is 19.8 Å². The quantitative estimate of drug-likeness (QED) is 0.592. The highest BCUT2D eigenvalue weighted by atomic mass is 16.7. The molecule has 0 amide bonds. The molecular weight excluding hydrogens is 178 g/mol. The van der Waals surface area contributed by atoms with E-state index in [4.69, 9.17) is 9.47 Å². The van der Waals surface area contributed by atoms with Crippen LogP contribution in [0.4, 0.5) is 0 Å². The number of ether oxygens (including phenoxy) is 2. The summed E-state index contributed by atoms with van der Waals surface area (Å²) in [6.07, 6.45) is 1.00. The van der Waals surface area contributed by atoms with Crippen LogP contribution >= 0.6 is 0 Å². The highest BCUT2D eigenvalue weighted by Gasteiger charge is 2.49. The lowest BCUT2D eigenvalue weighted by Crippen LogP contribution is -2.45. The van der Waals surface area contributed by atoms with Gasteiger partial charge in [0.1, 0.15) is 0 Å². The first-order valence-electron chi connectivity index (χ1n) is 5.48. The molecule has 3 heteroatoms. The standard InChI is InChI=1S/C11H21NO2/c1-9-7-11(13-5-6-14-11)8-12(9)10(2,3)4/h9H,5-8H2,1-4H3. The van der Waals surface area contributed by atoms with Gasteiger partial charge in [0.15, 0.2) is 5.79 Å². The molecule has 82 valence electrons. The fraction of sp³-hybridized carbons (Fsp3) is 1.00. The highest BCUT2D eigenvalue weighted by Crippen LogP contribution is 2.37. The summed E-state index contributed by atoms with van der Waals surface area (Å²) < 4.78 is 11.5. The van der Waals surface area contributed by atoms with Gasteiger partial charge in [-0.25, -0.2) is 0 Å². The lowest BCUT2D eigenvalue weighted by atomic mass is 10.1. The van der Waals surface area contributed by atoms with Gasteiger partial charge in [-0.15, -0.1) is 0 Å². The van der Waals surface area contributed by atoms with Crippen LogP contribution in [0.1, 0.15) is 34.1 Å². The molecule has 3 nitrogen and oxygen atoms in total. The van der Waals surface area contributed by atoms with Gasteiger partial charge in [0.2, 0.25) is 0 Å². The summed E-state index contributed by atoms with van der Waals surface area (Å²) in [4.78, 5) is 2.47. The Balaban J connectivity index is 2.10. The maximum Gasteiger partial charge on any atom is 0.182 e. The minimum absolute atomic E-state index is 0.207. The average Bonchev–Trinajstić information content (AvgIpc) is 2.59. The first-order valence-corrected chi connectivity index (χ1v) is 5.48. The summed E-state index contributed by atoms with van der Waals surface area (Å²) in [6, 6.07) is 0.549. The largest absolute Gasteiger partial charge is 0.346 e. The summed E-state index contributed by atoms with van der Waals surface area (Å²) in [5.74, 6) is -0.285. The zero-order valence-corrected chi connectivity index (χ0v) is 9.67. The average molecular weight is 199 g/mol. The van der Waals surface area contributed by atoms with Crippen molar-refractivity contribution >= 4 is 0 Å². The molecule has 0 aromatic heterocycles. The minimum atomic E-state index is -0.285. The van der Waals surface area contributed by atoms with E-state index in [1.165, 1.54) is 0 Å². The van der Waals surface area contributed by atoms with Crippen LogP contribution in [0, 0.1) is 0 Å². The first kappa shape index (κ1) is 10.4. The third-order valence-electron chi connectivity index (χ3n) is 3.22. The molecule has 2 rings (SSSR count). The topological polar surface area (TPSA) is 21.7 Å². The number of nitrogens with zero attached hydrogens (tertiary/aromatic N) is 1. The van der Waals surface area contributed by atoms with Gasteiger partial charge in [-0.3, -0.25) is 4.90 Å². The van der Waals surface area contributed by atoms with E-state index in [1.54, 1.807) is 0 Å². The van der Waals surface area contributed by atoms with Crippen molar-refractivity contribution in [1.82, 2.24) is 4.90 Å². The Morgan fingerprint density at radius 2 is 1.79 bits per heavy atom. The Bertz CT molecular complexity index is 216. The Morgan fingerprint density at radius 1 is 1.21 bits per heavy atom. The zero-order valence-electron chi connectivity index (χ0n) is 9.67. The lowest BCUT2D eigenvalue weighted by Gasteiger charge is -2.35. The van der Waals surface area contributed by atoms with E-state index < -0.39 is 0 Å². The van der Waals surface area contributed by atoms with E-state index >= 15 is 0 Å². The molecule has 1 atom stereocenters. The summed E-state index contributed by atoms with van der Waals surface area (Å²) in [5, 5.41) is 0. The molecule has 2 saturated heterocycles. The van der Waals surface area contributed by atoms with Crippen molar-refractivity contribution < 1.29 is 9.47 Å². The van der Waals surface area contributed by atoms with Crippen molar-refractivity contribution in [1.29, 1.82) is 0 Å². The van der Waals surface area contributed by atoms with E-state index in [2.05, 4.69) is 32.6 Å². The summed E-state index contributed by atoms with van der Waals surface area (Å²) in [5.41, 5.74) is 0.207. The summed E-state index contributed by atoms with van der Waals surface area (Å²) in [7, 11) is 0. The molecular formula is C11H21NO2. The predicted octanol–water partition coefficient (Wildman–Crippen LogP) is 1.62. The molecule has 2 aliphatic heterocycles. The molecule has 0 radical (unpaired) electrons. The molecule has 2 fully saturated rings. The molecule has 0 aromatic rings. The number of hydrogen-bond donors (Lipinski definition) is 0. The molecule has 0 aliphatic carbocycles. The molecule has 0 bridgehead atoms. The van der Waals surface area contributed by atoms with Crippen LogP contribution in [0.15, 0.2) is 0 Å². The van der Waals surface area contributed by atoms with Crippen molar-refractivity contribution in [3.8, 4) is 0 Å². The first-order chi connectivity index (χ1) is 6.43. The molecule has 1 spiro atoms. The van der Waals surface area contributed by atoms with Crippen LogP contribution in [-0.2, 0) is 9.47 Å². The van der Waals surface area contributed by atoms with E-state index in [-0.39, 0.29) is 11.3 Å². The predicted molar refractivity (Wildman–Crippen MR) is 55.2 cm³/mol. The Kier molecular flexibility index (Phi) is 2.37. The second-order valence-corrected chi connectivity index (χ2v) is 5.46. The summed E-state index contributed by atoms with van der Waals surface area (Å²) >= 11 is 0. The van der Waals surface area contributed by atoms with Crippen LogP contribution in [-0.4, -0.2) is 42.0 Å². The minimum Gasteiger partial charge on any atom is -0.346 e. The normalized spacial score (nSPS) is 33.0. The fourth-order valence-electron chi connectivity index (χ4n) is 2.64. The third-order valence-corrected chi connectivity index (χ3v) is 3.22. The molecule has 2 heterocycles. The SMILES string of the molecule is CC1CC2(CN1C(C)(C)C)OCCO2. The van der Waals surface area contributed by atoms with Crippen molar-refractivity contribution in [3.63, 3.8) is 0 Å². The fourth-order valence-corrected chi connectivity index (χ4v) is 2.64. The molecule has 0 aromatic carbocycles. The number of likely N-dealkylation sites (tertiary alicyclic amines) is 1. The molecule has 1 unspecified atom stereocenters. The zero-order chi connectivity index (χ0) is 10.4. The molecule has 14 heavy (non-hydrogen) atoms. The highest BCUT2D eigenvalue weighted by molar-refractivity contribution is 4.96. The van der Waals surface area contributed by atoms with Gasteiger partial charge in [-0.1, -0.05) is 0 Å². The van der Waals surface area contributed by atoms with Gasteiger partial charge in [0, 0.05) is 18.0 Å². The number of hydrogen-bond acceptors (Lipinski definition) is 3. The lowest BCUT2D eigenvalue weighted by molar-refractivity contribution is -0.148. The smallest absolute Gasteiger partial charge is 0.182 e. The van der Waals surface area contributed by atoms with Gasteiger partial charge >= 0.3 is 0 Å². The van der Waals surface area contributed by atoms with Crippen LogP contribution < -0.4 is 0 Å². The van der Waals surface area contributed by atoms with Gasteiger partial charge in [-0.05, 0) is 27.7 Å². The van der Waals surface area contributed by atoms with E-state index in [0.29, 0.717) is 6.04 Å². The maximum absolute atomic E-state index is 5.73. The van der Waals surface area contributed by atoms with Crippen molar-refractivity contribution in [2.45, 2.75) is 51.5 Å². The van der Waals surface area contributed by atoms with Crippen molar-refractivity contribution in [3.05, 3.63) is 0 Å². The van der Waals surface area contributed by atoms with Gasteiger partial charge < -0.3 is 9.47 Å². The van der Waals surface area contributed by atoms with Gasteiger partial charge in [0.25, 0.3) is 0 Å². The van der Waals surface area contributed by atoms with Crippen molar-refractivity contribution in [2.24, 2.45) is 0 Å². The van der Waals surface area contributed by atoms with Crippen molar-refractivity contribution in [2.75, 3.05) is 19.8 Å². The molecule has 2 aliphatic rings. The Hall–Kier alpha value is -0.120. The second-order valence-electron chi connectivity index (χ2n) is 5.46. The second kappa shape index (κ2) is 3.19. The number of rotatable bonds is 0. The van der Waals surface area contributed by atoms with E-state index in [1.807, 2.05) is 0 Å². The summed E-state index contributed by atoms with van der Waals surface area (Å²) in [6.45, 7) is 11.4. The Morgan fingerprint density at radius 3 is 2.21 bits per heavy atom. The van der Waals surface area contributed by atoms with E-state index in [0.717, 1.165) is 26.2 Å². The third kappa shape index (κ3) is 1.69. The Labute approximate surface area is 86.4 Å².